The molecule has 2 heterocycles. The van der Waals surface area contributed by atoms with Gasteiger partial charge >= 0.3 is 6.18 Å². The molecule has 1 saturated heterocycles. The molecule has 184 valence electrons. The molecule has 2 amide bonds. The van der Waals surface area contributed by atoms with Crippen LogP contribution in [-0.2, 0) is 9.53 Å². The number of hydrogen-bond donors (Lipinski definition) is 2. The minimum Gasteiger partial charge on any atom is -0.493 e. The summed E-state index contributed by atoms with van der Waals surface area (Å²) in [6.07, 6.45) is -6.69. The fraction of sp³-hybridized carbons (Fsp3) is 0.381. The third-order valence-electron chi connectivity index (χ3n) is 5.88. The summed E-state index contributed by atoms with van der Waals surface area (Å²) in [5.41, 5.74) is 2.00. The molecule has 1 aromatic heterocycles. The smallest absolute Gasteiger partial charge is 0.417 e. The number of nitrogens with one attached hydrogen (secondary N) is 1. The van der Waals surface area contributed by atoms with Gasteiger partial charge in [0.05, 0.1) is 7.11 Å². The number of primary amides is 1. The van der Waals surface area contributed by atoms with E-state index in [1.807, 2.05) is 0 Å². The van der Waals surface area contributed by atoms with Gasteiger partial charge in [0.1, 0.15) is 16.4 Å². The van der Waals surface area contributed by atoms with Gasteiger partial charge < -0.3 is 20.5 Å². The highest BCUT2D eigenvalue weighted by Gasteiger charge is 2.65. The van der Waals surface area contributed by atoms with Crippen LogP contribution in [0.3, 0.4) is 0 Å². The van der Waals surface area contributed by atoms with Crippen LogP contribution < -0.4 is 15.8 Å². The van der Waals surface area contributed by atoms with Gasteiger partial charge in [-0.25, -0.2) is 9.37 Å². The molecule has 3 rings (SSSR count). The fourth-order valence-electron chi connectivity index (χ4n) is 3.95. The zero-order valence-corrected chi connectivity index (χ0v) is 19.6. The lowest BCUT2D eigenvalue weighted by Crippen LogP contribution is -2.47. The number of aromatic nitrogens is 1. The maximum absolute atomic E-state index is 14.4. The molecular weight excluding hydrogens is 533 g/mol. The molecular formula is C21H19BrF5N3O4. The summed E-state index contributed by atoms with van der Waals surface area (Å²) in [6.45, 7) is 1.97. The minimum absolute atomic E-state index is 0.00598. The quantitative estimate of drug-likeness (QED) is 0.425. The van der Waals surface area contributed by atoms with Crippen LogP contribution in [0.5, 0.6) is 5.75 Å². The number of carbonyl (C=O) groups is 2. The predicted octanol–water partition coefficient (Wildman–Crippen LogP) is 4.31. The zero-order valence-electron chi connectivity index (χ0n) is 18.0. The number of methoxy groups -OCH3 is 1. The zero-order chi connectivity index (χ0) is 25.6. The van der Waals surface area contributed by atoms with Crippen LogP contribution in [0.25, 0.3) is 0 Å². The number of pyridine rings is 1. The van der Waals surface area contributed by atoms with Gasteiger partial charge in [-0.3, -0.25) is 9.59 Å². The van der Waals surface area contributed by atoms with Crippen molar-refractivity contribution in [2.75, 3.05) is 12.4 Å². The second-order valence-corrected chi connectivity index (χ2v) is 8.67. The number of ether oxygens (including phenoxy) is 2. The van der Waals surface area contributed by atoms with Gasteiger partial charge in [-0.2, -0.15) is 17.6 Å². The number of alkyl halides is 3. The van der Waals surface area contributed by atoms with E-state index in [2.05, 4.69) is 26.2 Å². The Balaban J connectivity index is 2.09. The second kappa shape index (κ2) is 9.10. The summed E-state index contributed by atoms with van der Waals surface area (Å²) >= 11 is 3.05. The second-order valence-electron chi connectivity index (χ2n) is 7.86. The van der Waals surface area contributed by atoms with Crippen molar-refractivity contribution in [1.29, 1.82) is 0 Å². The molecule has 1 fully saturated rings. The Kier molecular flexibility index (Phi) is 6.91. The monoisotopic (exact) mass is 551 g/mol. The van der Waals surface area contributed by atoms with Crippen LogP contribution >= 0.6 is 15.9 Å². The van der Waals surface area contributed by atoms with Crippen LogP contribution in [-0.4, -0.2) is 41.8 Å². The maximum atomic E-state index is 14.4. The normalized spacial score (nSPS) is 24.7. The van der Waals surface area contributed by atoms with Crippen LogP contribution in [0.1, 0.15) is 35.8 Å². The van der Waals surface area contributed by atoms with Gasteiger partial charge in [-0.05, 0) is 41.1 Å². The average molecular weight is 552 g/mol. The SMILES string of the molecule is COc1c([C@H]2[C@H](C(=O)Nc3cc(Br)nc(C(N)=O)c3)O[C@@](C)(C(F)(F)F)[C@H]2C)ccc(F)c1F. The van der Waals surface area contributed by atoms with Crippen molar-refractivity contribution in [3.63, 3.8) is 0 Å². The van der Waals surface area contributed by atoms with Gasteiger partial charge in [0.15, 0.2) is 17.2 Å². The first-order valence-electron chi connectivity index (χ1n) is 9.76. The van der Waals surface area contributed by atoms with Crippen LogP contribution in [0, 0.1) is 17.6 Å². The summed E-state index contributed by atoms with van der Waals surface area (Å²) in [5.74, 6) is -8.03. The number of hydrogen-bond acceptors (Lipinski definition) is 5. The topological polar surface area (TPSA) is 104 Å². The Hall–Kier alpha value is -2.80. The summed E-state index contributed by atoms with van der Waals surface area (Å²) < 4.78 is 80.4. The number of benzene rings is 1. The number of halogens is 6. The van der Waals surface area contributed by atoms with E-state index >= 15 is 0 Å². The molecule has 2 aromatic rings. The number of anilines is 1. The van der Waals surface area contributed by atoms with Crippen LogP contribution in [0.2, 0.25) is 0 Å². The first kappa shape index (κ1) is 25.8. The van der Waals surface area contributed by atoms with Crippen molar-refractivity contribution >= 4 is 33.4 Å². The largest absolute Gasteiger partial charge is 0.493 e. The molecule has 7 nitrogen and oxygen atoms in total. The van der Waals surface area contributed by atoms with Gasteiger partial charge in [-0.1, -0.05) is 13.0 Å². The van der Waals surface area contributed by atoms with E-state index in [1.165, 1.54) is 13.0 Å². The first-order chi connectivity index (χ1) is 15.7. The molecule has 34 heavy (non-hydrogen) atoms. The highest BCUT2D eigenvalue weighted by Crippen LogP contribution is 2.55. The minimum atomic E-state index is -4.90. The van der Waals surface area contributed by atoms with Crippen LogP contribution in [0.4, 0.5) is 27.6 Å². The fourth-order valence-corrected chi connectivity index (χ4v) is 4.39. The molecule has 1 aliphatic rings. The number of nitrogens with zero attached hydrogens (tertiary/aromatic N) is 1. The number of rotatable bonds is 5. The molecule has 0 spiro atoms. The lowest BCUT2D eigenvalue weighted by molar-refractivity contribution is -0.272. The summed E-state index contributed by atoms with van der Waals surface area (Å²) in [4.78, 5) is 28.4. The van der Waals surface area contributed by atoms with Crippen molar-refractivity contribution in [1.82, 2.24) is 4.98 Å². The lowest BCUT2D eigenvalue weighted by atomic mass is 9.77. The number of nitrogens with two attached hydrogens (primary N) is 1. The Morgan fingerprint density at radius 1 is 1.26 bits per heavy atom. The van der Waals surface area contributed by atoms with Crippen molar-refractivity contribution in [3.05, 3.63) is 51.8 Å². The van der Waals surface area contributed by atoms with E-state index in [-0.39, 0.29) is 21.5 Å². The molecule has 3 N–H and O–H groups in total. The number of amides is 2. The summed E-state index contributed by atoms with van der Waals surface area (Å²) in [5, 5.41) is 2.38. The molecule has 13 heteroatoms. The molecule has 0 bridgehead atoms. The van der Waals surface area contributed by atoms with Crippen molar-refractivity contribution in [2.45, 2.75) is 37.6 Å². The average Bonchev–Trinajstić information content (AvgIpc) is 3.01. The van der Waals surface area contributed by atoms with E-state index in [4.69, 9.17) is 15.2 Å². The summed E-state index contributed by atoms with van der Waals surface area (Å²) in [6, 6.07) is 4.20. The number of carbonyl (C=O) groups excluding carboxylic acids is 2. The van der Waals surface area contributed by atoms with Crippen molar-refractivity contribution in [2.24, 2.45) is 11.7 Å². The van der Waals surface area contributed by atoms with E-state index in [1.54, 1.807) is 0 Å². The Morgan fingerprint density at radius 2 is 1.91 bits per heavy atom. The molecule has 1 aliphatic heterocycles. The van der Waals surface area contributed by atoms with Crippen molar-refractivity contribution in [3.8, 4) is 5.75 Å². The molecule has 0 unspecified atom stereocenters. The standard InChI is InChI=1S/C21H19BrF5N3O4/c1-8-14(10-4-5-11(23)15(24)16(10)33-3)17(34-20(8,2)21(25,26)27)19(32)29-9-6-12(18(28)31)30-13(22)7-9/h4-8,14,17H,1-3H3,(H2,28,31)(H,29,30,32)/t8-,14-,17+,20+/m0/s1. The van der Waals surface area contributed by atoms with Gasteiger partial charge in [0.25, 0.3) is 11.8 Å². The molecule has 1 aromatic carbocycles. The highest BCUT2D eigenvalue weighted by molar-refractivity contribution is 9.10. The molecule has 0 saturated carbocycles. The Morgan fingerprint density at radius 3 is 2.47 bits per heavy atom. The molecule has 0 aliphatic carbocycles. The van der Waals surface area contributed by atoms with Gasteiger partial charge in [0.2, 0.25) is 5.82 Å². The predicted molar refractivity (Wildman–Crippen MR) is 113 cm³/mol. The third kappa shape index (κ3) is 4.45. The first-order valence-corrected chi connectivity index (χ1v) is 10.5. The van der Waals surface area contributed by atoms with E-state index < -0.39 is 58.9 Å². The molecule has 0 radical (unpaired) electrons. The van der Waals surface area contributed by atoms with Crippen LogP contribution in [0.15, 0.2) is 28.9 Å². The Bertz CT molecular complexity index is 1150. The van der Waals surface area contributed by atoms with Gasteiger partial charge in [0, 0.05) is 23.1 Å². The Labute approximate surface area is 198 Å². The van der Waals surface area contributed by atoms with Crippen molar-refractivity contribution < 1.29 is 41.0 Å². The lowest BCUT2D eigenvalue weighted by Gasteiger charge is -2.32. The third-order valence-corrected chi connectivity index (χ3v) is 6.29. The molecule has 4 atom stereocenters. The van der Waals surface area contributed by atoms with E-state index in [9.17, 15) is 31.5 Å². The van der Waals surface area contributed by atoms with Gasteiger partial charge in [-0.15, -0.1) is 0 Å². The highest BCUT2D eigenvalue weighted by atomic mass is 79.9. The maximum Gasteiger partial charge on any atom is 0.417 e. The summed E-state index contributed by atoms with van der Waals surface area (Å²) in [7, 11) is 1.03. The van der Waals surface area contributed by atoms with E-state index in [0.29, 0.717) is 0 Å². The van der Waals surface area contributed by atoms with E-state index in [0.717, 1.165) is 32.2 Å².